The molecule has 9 aromatic carbocycles. The SMILES string of the molecule is [2H]c1c([2H])c([2H])c2c(c1[2H])c1ccc(Oc3[c-]c(N4[CH-]N(c5c(-c6ccccc6C(C)(C)C)cccc5-c5ccc(-c6ccccc6)cc5C(C)(C)C)c5ccccc54)ccc3)[c-]c1n2-c1cc(C([2H])([2H])[2H])c(-c2cccc(C([2H])([2H])[2H])c2)cn1.[Pt]. The van der Waals surface area contributed by atoms with E-state index in [9.17, 15) is 1.37 Å². The molecule has 1 aliphatic rings. The van der Waals surface area contributed by atoms with E-state index in [4.69, 9.17) is 22.1 Å². The minimum Gasteiger partial charge on any atom is -0.509 e. The summed E-state index contributed by atoms with van der Waals surface area (Å²) in [6.45, 7) is 10.5. The summed E-state index contributed by atoms with van der Waals surface area (Å²) in [5, 5.41) is 0.580. The van der Waals surface area contributed by atoms with Crippen molar-refractivity contribution in [3.05, 3.63) is 247 Å². The van der Waals surface area contributed by atoms with Gasteiger partial charge in [0.15, 0.2) is 0 Å². The van der Waals surface area contributed by atoms with Gasteiger partial charge in [0.1, 0.15) is 5.82 Å². The molecular formula is C70H59N4OPt-3. The van der Waals surface area contributed by atoms with Crippen LogP contribution < -0.4 is 14.5 Å². The Hall–Kier alpha value is -7.98. The fourth-order valence-electron chi connectivity index (χ4n) is 10.4. The van der Waals surface area contributed by atoms with Crippen LogP contribution in [0.3, 0.4) is 0 Å². The Morgan fingerprint density at radius 1 is 0.539 bits per heavy atom. The van der Waals surface area contributed by atoms with Crippen LogP contribution in [0.4, 0.5) is 22.7 Å². The Morgan fingerprint density at radius 3 is 1.99 bits per heavy atom. The quantitative estimate of drug-likeness (QED) is 0.135. The van der Waals surface area contributed by atoms with Crippen molar-refractivity contribution in [3.63, 3.8) is 0 Å². The number of pyridine rings is 1. The smallest absolute Gasteiger partial charge is 0.135 e. The van der Waals surface area contributed by atoms with Crippen LogP contribution in [0.25, 0.3) is 72.1 Å². The summed E-state index contributed by atoms with van der Waals surface area (Å²) in [5.41, 5.74) is 13.0. The van der Waals surface area contributed by atoms with Crippen LogP contribution in [0.5, 0.6) is 11.5 Å². The van der Waals surface area contributed by atoms with Crippen LogP contribution in [0.1, 0.15) is 77.5 Å². The third kappa shape index (κ3) is 9.22. The summed E-state index contributed by atoms with van der Waals surface area (Å²) in [6.07, 6.45) is 1.35. The van der Waals surface area contributed by atoms with E-state index in [-0.39, 0.29) is 88.7 Å². The molecule has 0 unspecified atom stereocenters. The van der Waals surface area contributed by atoms with E-state index in [1.165, 1.54) is 40.1 Å². The first-order valence-corrected chi connectivity index (χ1v) is 25.1. The summed E-state index contributed by atoms with van der Waals surface area (Å²) in [5.74, 6) is 0.585. The molecule has 0 atom stereocenters. The Labute approximate surface area is 476 Å². The van der Waals surface area contributed by atoms with Crippen molar-refractivity contribution in [2.75, 3.05) is 9.80 Å². The molecule has 0 saturated heterocycles. The third-order valence-electron chi connectivity index (χ3n) is 14.0. The molecule has 0 aliphatic carbocycles. The number of para-hydroxylation sites is 4. The molecule has 0 spiro atoms. The molecule has 0 fully saturated rings. The second kappa shape index (κ2) is 19.9. The zero-order valence-corrected chi connectivity index (χ0v) is 45.2. The van der Waals surface area contributed by atoms with Gasteiger partial charge >= 0.3 is 0 Å². The van der Waals surface area contributed by atoms with Crippen molar-refractivity contribution in [2.24, 2.45) is 0 Å². The van der Waals surface area contributed by atoms with Crippen LogP contribution >= 0.6 is 0 Å². The van der Waals surface area contributed by atoms with Crippen LogP contribution in [-0.2, 0) is 31.9 Å². The largest absolute Gasteiger partial charge is 0.509 e. The molecule has 0 N–H and O–H groups in total. The first-order valence-electron chi connectivity index (χ1n) is 30.1. The summed E-state index contributed by atoms with van der Waals surface area (Å²) < 4.78 is 93.8. The van der Waals surface area contributed by atoms with Gasteiger partial charge in [0.25, 0.3) is 0 Å². The molecule has 378 valence electrons. The topological polar surface area (TPSA) is 33.5 Å². The second-order valence-electron chi connectivity index (χ2n) is 21.0. The average Bonchev–Trinajstić information content (AvgIpc) is 1.65. The van der Waals surface area contributed by atoms with Crippen molar-refractivity contribution >= 4 is 44.6 Å². The number of hydrogen-bond donors (Lipinski definition) is 0. The zero-order chi connectivity index (χ0) is 60.1. The number of nitrogens with zero attached hydrogens (tertiary/aromatic N) is 4. The Morgan fingerprint density at radius 2 is 1.21 bits per heavy atom. The number of benzene rings is 9. The molecule has 6 heteroatoms. The van der Waals surface area contributed by atoms with Crippen LogP contribution in [0, 0.1) is 32.5 Å². The van der Waals surface area contributed by atoms with E-state index in [1.807, 2.05) is 24.3 Å². The Bertz CT molecular complexity index is 4450. The summed E-state index contributed by atoms with van der Waals surface area (Å²) in [7, 11) is 0. The number of aryl methyl sites for hydroxylation is 2. The summed E-state index contributed by atoms with van der Waals surface area (Å²) >= 11 is 0. The molecule has 1 aliphatic heterocycles. The van der Waals surface area contributed by atoms with E-state index in [0.29, 0.717) is 22.4 Å². The molecule has 11 aromatic rings. The number of anilines is 4. The molecule has 0 amide bonds. The molecule has 3 heterocycles. The van der Waals surface area contributed by atoms with E-state index in [1.54, 1.807) is 30.3 Å². The van der Waals surface area contributed by atoms with Crippen LogP contribution in [0.15, 0.2) is 206 Å². The van der Waals surface area contributed by atoms with Gasteiger partial charge in [-0.1, -0.05) is 198 Å². The van der Waals surface area contributed by atoms with Crippen LogP contribution in [-0.4, -0.2) is 9.55 Å². The minimum atomic E-state index is -2.72. The Balaban J connectivity index is 0.00000768. The summed E-state index contributed by atoms with van der Waals surface area (Å²) in [6, 6.07) is 62.6. The molecule has 2 aromatic heterocycles. The van der Waals surface area contributed by atoms with Gasteiger partial charge in [-0.25, -0.2) is 4.98 Å². The number of aromatic nitrogens is 2. The fourth-order valence-corrected chi connectivity index (χ4v) is 10.4. The first kappa shape index (κ1) is 39.4. The number of rotatable bonds is 9. The fraction of sp³-hybridized carbons (Fsp3) is 0.143. The number of hydrogen-bond acceptors (Lipinski definition) is 4. The Kier molecular flexibility index (Phi) is 10.3. The van der Waals surface area contributed by atoms with Gasteiger partial charge in [-0.2, -0.15) is 12.1 Å². The zero-order valence-electron chi connectivity index (χ0n) is 52.9. The minimum absolute atomic E-state index is 0. The van der Waals surface area contributed by atoms with Gasteiger partial charge in [0, 0.05) is 86.3 Å². The van der Waals surface area contributed by atoms with E-state index in [0.717, 1.165) is 50.4 Å². The summed E-state index contributed by atoms with van der Waals surface area (Å²) in [4.78, 5) is 9.12. The number of ether oxygens (including phenoxy) is 1. The maximum Gasteiger partial charge on any atom is 0.135 e. The van der Waals surface area contributed by atoms with Crippen LogP contribution in [0.2, 0.25) is 0 Å². The van der Waals surface area contributed by atoms with Crippen molar-refractivity contribution in [1.29, 1.82) is 0 Å². The van der Waals surface area contributed by atoms with Gasteiger partial charge in [-0.3, -0.25) is 0 Å². The molecule has 12 rings (SSSR count). The monoisotopic (exact) mass is 1180 g/mol. The van der Waals surface area contributed by atoms with Gasteiger partial charge in [0.05, 0.1) is 5.48 Å². The van der Waals surface area contributed by atoms with Gasteiger partial charge in [0.2, 0.25) is 0 Å². The maximum absolute atomic E-state index is 9.19. The maximum atomic E-state index is 9.19. The van der Waals surface area contributed by atoms with Gasteiger partial charge < -0.3 is 19.1 Å². The van der Waals surface area contributed by atoms with E-state index in [2.05, 4.69) is 173 Å². The van der Waals surface area contributed by atoms with Gasteiger partial charge in [-0.05, 0) is 98.7 Å². The van der Waals surface area contributed by atoms with Crippen molar-refractivity contribution in [3.8, 4) is 61.8 Å². The molecule has 5 nitrogen and oxygen atoms in total. The standard InChI is InChI=1S/C70H59N4O.Pt/c1-46-21-18-24-50(39-46)60-44-71-67(40-47(60)2)74-63-32-15-13-28-56(63)57-38-36-53(43-66(57)74)75-52-26-19-25-51(42-52)72-45-73(65-34-17-16-33-64(65)72)68-58(54-27-12-14-31-61(54)69(3,4)5)29-20-30-59(68)55-37-35-49(41-62(55)70(6,7)8)48-22-10-9-11-23-48;/h9-41,44-45H,1-8H3;/q-3;/i1D3,2D3,13D,15D,28D,32D;. The molecule has 0 bridgehead atoms. The second-order valence-corrected chi connectivity index (χ2v) is 21.0. The normalized spacial score (nSPS) is 14.8. The molecule has 0 saturated carbocycles. The van der Waals surface area contributed by atoms with Gasteiger partial charge in [-0.15, -0.1) is 48.1 Å². The average molecular weight is 1180 g/mol. The molecule has 76 heavy (non-hydrogen) atoms. The molecular weight excluding hydrogens is 1110 g/mol. The van der Waals surface area contributed by atoms with Crippen molar-refractivity contribution < 1.29 is 39.5 Å². The third-order valence-corrected chi connectivity index (χ3v) is 14.0. The number of fused-ring (bicyclic) bond motifs is 4. The molecule has 0 radical (unpaired) electrons. The first-order chi connectivity index (χ1) is 40.4. The predicted molar refractivity (Wildman–Crippen MR) is 313 cm³/mol. The van der Waals surface area contributed by atoms with E-state index >= 15 is 0 Å². The van der Waals surface area contributed by atoms with Crippen molar-refractivity contribution in [1.82, 2.24) is 9.55 Å². The van der Waals surface area contributed by atoms with E-state index < -0.39 is 25.8 Å². The predicted octanol–water partition coefficient (Wildman–Crippen LogP) is 18.9. The van der Waals surface area contributed by atoms with Crippen molar-refractivity contribution in [2.45, 2.75) is 66.1 Å².